The molecule has 0 unspecified atom stereocenters. The zero-order valence-electron chi connectivity index (χ0n) is 7.98. The minimum atomic E-state index is 0.663. The van der Waals surface area contributed by atoms with Gasteiger partial charge in [-0.2, -0.15) is 0 Å². The van der Waals surface area contributed by atoms with Gasteiger partial charge in [-0.15, -0.1) is 0 Å². The van der Waals surface area contributed by atoms with Crippen LogP contribution in [0.15, 0.2) is 27.8 Å². The molecule has 0 aliphatic heterocycles. The summed E-state index contributed by atoms with van der Waals surface area (Å²) in [5.41, 5.74) is 0.916. The summed E-state index contributed by atoms with van der Waals surface area (Å²) in [5.74, 6) is 0.663. The molecule has 2 rings (SSSR count). The molecule has 0 bridgehead atoms. The van der Waals surface area contributed by atoms with E-state index in [1.165, 1.54) is 0 Å². The van der Waals surface area contributed by atoms with Gasteiger partial charge in [0.1, 0.15) is 14.9 Å². The molecule has 0 saturated carbocycles. The maximum Gasteiger partial charge on any atom is 0.179 e. The van der Waals surface area contributed by atoms with Crippen molar-refractivity contribution in [3.05, 3.63) is 27.8 Å². The maximum atomic E-state index is 4.30. The lowest BCUT2D eigenvalue weighted by Crippen LogP contribution is -1.99. The quantitative estimate of drug-likeness (QED) is 0.795. The van der Waals surface area contributed by atoms with Gasteiger partial charge in [0.05, 0.1) is 12.5 Å². The van der Waals surface area contributed by atoms with Gasteiger partial charge in [-0.3, -0.25) is 0 Å². The van der Waals surface area contributed by atoms with Crippen molar-refractivity contribution in [3.8, 4) is 11.5 Å². The lowest BCUT2D eigenvalue weighted by Gasteiger charge is -2.04. The van der Waals surface area contributed by atoms with Crippen molar-refractivity contribution < 1.29 is 0 Å². The summed E-state index contributed by atoms with van der Waals surface area (Å²) in [6.45, 7) is 2.90. The van der Waals surface area contributed by atoms with Crippen molar-refractivity contribution in [1.29, 1.82) is 0 Å². The molecule has 0 aliphatic rings. The highest BCUT2D eigenvalue weighted by atomic mass is 79.9. The van der Waals surface area contributed by atoms with Crippen molar-refractivity contribution in [2.75, 3.05) is 0 Å². The van der Waals surface area contributed by atoms with E-state index in [1.807, 2.05) is 4.57 Å². The largest absolute Gasteiger partial charge is 0.328 e. The van der Waals surface area contributed by atoms with Crippen LogP contribution in [0.5, 0.6) is 0 Å². The molecule has 0 atom stereocenters. The fourth-order valence-electron chi connectivity index (χ4n) is 1.26. The fraction of sp³-hybridized carbons (Fsp3) is 0.222. The van der Waals surface area contributed by atoms with Gasteiger partial charge in [-0.1, -0.05) is 0 Å². The summed E-state index contributed by atoms with van der Waals surface area (Å²) >= 11 is 6.67. The highest BCUT2D eigenvalue weighted by molar-refractivity contribution is 9.11. The summed E-state index contributed by atoms with van der Waals surface area (Å²) in [6, 6.07) is 1.80. The Bertz CT molecular complexity index is 460. The lowest BCUT2D eigenvalue weighted by molar-refractivity contribution is 0.763. The number of aromatic nitrogens is 4. The standard InChI is InChI=1S/C9H8Br2N4/c1-2-15-5-12-4-6(15)9-13-7(10)3-8(11)14-9/h3-5H,2H2,1H3. The number of halogens is 2. The van der Waals surface area contributed by atoms with Crippen molar-refractivity contribution in [2.24, 2.45) is 0 Å². The Kier molecular flexibility index (Phi) is 3.16. The van der Waals surface area contributed by atoms with Crippen molar-refractivity contribution in [1.82, 2.24) is 19.5 Å². The zero-order valence-corrected chi connectivity index (χ0v) is 11.2. The van der Waals surface area contributed by atoms with E-state index in [-0.39, 0.29) is 0 Å². The molecule has 4 nitrogen and oxygen atoms in total. The first kappa shape index (κ1) is 10.8. The Hall–Kier alpha value is -0.750. The van der Waals surface area contributed by atoms with Crippen LogP contribution in [0.3, 0.4) is 0 Å². The molecular formula is C9H8Br2N4. The molecule has 6 heteroatoms. The van der Waals surface area contributed by atoms with E-state index in [2.05, 4.69) is 53.7 Å². The first-order valence-electron chi connectivity index (χ1n) is 4.41. The normalized spacial score (nSPS) is 10.6. The number of imidazole rings is 1. The van der Waals surface area contributed by atoms with Gasteiger partial charge in [-0.25, -0.2) is 15.0 Å². The predicted octanol–water partition coefficient (Wildman–Crippen LogP) is 2.89. The van der Waals surface area contributed by atoms with E-state index in [0.29, 0.717) is 5.82 Å². The topological polar surface area (TPSA) is 43.6 Å². The highest BCUT2D eigenvalue weighted by Crippen LogP contribution is 2.20. The third-order valence-electron chi connectivity index (χ3n) is 1.95. The monoisotopic (exact) mass is 330 g/mol. The van der Waals surface area contributed by atoms with E-state index in [4.69, 9.17) is 0 Å². The number of nitrogens with zero attached hydrogens (tertiary/aromatic N) is 4. The minimum absolute atomic E-state index is 0.663. The Morgan fingerprint density at radius 3 is 2.53 bits per heavy atom. The molecular weight excluding hydrogens is 324 g/mol. The van der Waals surface area contributed by atoms with Crippen LogP contribution in [-0.4, -0.2) is 19.5 Å². The summed E-state index contributed by atoms with van der Waals surface area (Å²) in [7, 11) is 0. The molecule has 0 spiro atoms. The Morgan fingerprint density at radius 2 is 1.93 bits per heavy atom. The second-order valence-electron chi connectivity index (χ2n) is 2.90. The highest BCUT2D eigenvalue weighted by Gasteiger charge is 2.08. The second kappa shape index (κ2) is 4.40. The summed E-state index contributed by atoms with van der Waals surface area (Å²) in [4.78, 5) is 12.7. The van der Waals surface area contributed by atoms with Crippen molar-refractivity contribution in [2.45, 2.75) is 13.5 Å². The zero-order chi connectivity index (χ0) is 10.8. The van der Waals surface area contributed by atoms with Crippen LogP contribution < -0.4 is 0 Å². The molecule has 2 aromatic heterocycles. The van der Waals surface area contributed by atoms with Gasteiger partial charge in [0.2, 0.25) is 0 Å². The predicted molar refractivity (Wildman–Crippen MR) is 64.3 cm³/mol. The minimum Gasteiger partial charge on any atom is -0.328 e. The molecule has 0 aromatic carbocycles. The van der Waals surface area contributed by atoms with Gasteiger partial charge < -0.3 is 4.57 Å². The van der Waals surface area contributed by atoms with Crippen LogP contribution in [0.2, 0.25) is 0 Å². The Balaban J connectivity index is 2.53. The number of hydrogen-bond acceptors (Lipinski definition) is 3. The first-order chi connectivity index (χ1) is 7.20. The van der Waals surface area contributed by atoms with Crippen molar-refractivity contribution >= 4 is 31.9 Å². The van der Waals surface area contributed by atoms with E-state index >= 15 is 0 Å². The third kappa shape index (κ3) is 2.26. The van der Waals surface area contributed by atoms with E-state index in [9.17, 15) is 0 Å². The fourth-order valence-corrected chi connectivity index (χ4v) is 2.34. The van der Waals surface area contributed by atoms with E-state index in [1.54, 1.807) is 18.6 Å². The molecule has 0 saturated heterocycles. The average molecular weight is 332 g/mol. The maximum absolute atomic E-state index is 4.30. The molecule has 2 heterocycles. The molecule has 0 amide bonds. The molecule has 0 radical (unpaired) electrons. The van der Waals surface area contributed by atoms with Crippen LogP contribution in [0.25, 0.3) is 11.5 Å². The molecule has 78 valence electrons. The van der Waals surface area contributed by atoms with Crippen LogP contribution in [0, 0.1) is 0 Å². The van der Waals surface area contributed by atoms with Crippen LogP contribution in [-0.2, 0) is 6.54 Å². The Morgan fingerprint density at radius 1 is 1.27 bits per heavy atom. The van der Waals surface area contributed by atoms with Crippen LogP contribution >= 0.6 is 31.9 Å². The lowest BCUT2D eigenvalue weighted by atomic mass is 10.4. The molecule has 2 aromatic rings. The third-order valence-corrected chi connectivity index (χ3v) is 2.76. The van der Waals surface area contributed by atoms with Crippen LogP contribution in [0.4, 0.5) is 0 Å². The van der Waals surface area contributed by atoms with Gasteiger partial charge in [0, 0.05) is 12.6 Å². The van der Waals surface area contributed by atoms with Gasteiger partial charge in [-0.05, 0) is 38.8 Å². The Labute approximate surface area is 104 Å². The van der Waals surface area contributed by atoms with Crippen molar-refractivity contribution in [3.63, 3.8) is 0 Å². The SMILES string of the molecule is CCn1cncc1-c1nc(Br)cc(Br)n1. The second-order valence-corrected chi connectivity index (χ2v) is 4.53. The number of rotatable bonds is 2. The molecule has 0 N–H and O–H groups in total. The summed E-state index contributed by atoms with van der Waals surface area (Å²) in [5, 5.41) is 0. The van der Waals surface area contributed by atoms with Gasteiger partial charge in [0.15, 0.2) is 5.82 Å². The molecule has 15 heavy (non-hydrogen) atoms. The van der Waals surface area contributed by atoms with E-state index < -0.39 is 0 Å². The smallest absolute Gasteiger partial charge is 0.179 e. The summed E-state index contributed by atoms with van der Waals surface area (Å²) < 4.78 is 3.50. The van der Waals surface area contributed by atoms with Gasteiger partial charge >= 0.3 is 0 Å². The first-order valence-corrected chi connectivity index (χ1v) is 6.00. The van der Waals surface area contributed by atoms with Gasteiger partial charge in [0.25, 0.3) is 0 Å². The molecule has 0 aliphatic carbocycles. The number of aryl methyl sites for hydroxylation is 1. The van der Waals surface area contributed by atoms with Crippen LogP contribution in [0.1, 0.15) is 6.92 Å². The van der Waals surface area contributed by atoms with E-state index in [0.717, 1.165) is 21.4 Å². The molecule has 0 fully saturated rings. The number of hydrogen-bond donors (Lipinski definition) is 0. The average Bonchev–Trinajstić information content (AvgIpc) is 2.63. The summed E-state index contributed by atoms with van der Waals surface area (Å²) in [6.07, 6.45) is 3.53.